The van der Waals surface area contributed by atoms with Crippen molar-refractivity contribution in [2.24, 2.45) is 5.16 Å². The minimum absolute atomic E-state index is 0.000310. The number of amides is 3. The number of likely N-dealkylation sites (tertiary alicyclic amines) is 2. The van der Waals surface area contributed by atoms with Gasteiger partial charge in [0.25, 0.3) is 5.91 Å². The Bertz CT molecular complexity index is 1810. The van der Waals surface area contributed by atoms with Gasteiger partial charge in [0.1, 0.15) is 11.1 Å². The van der Waals surface area contributed by atoms with Crippen LogP contribution in [0.1, 0.15) is 30.2 Å². The highest BCUT2D eigenvalue weighted by molar-refractivity contribution is 8.00. The number of esters is 1. The topological polar surface area (TPSA) is 282 Å². The highest BCUT2D eigenvalue weighted by Gasteiger charge is 2.40. The summed E-state index contributed by atoms with van der Waals surface area (Å²) in [6.07, 6.45) is 1.66. The molecule has 2 fully saturated rings. The SMILES string of the molecule is COC(=O)[C@@H](NC(=O)/C(=N\O)c1nsc(N)n1)[C@@H]1NC(C(=O)O)=C(/C=C2\CCN([C@@H]3CCN(C(=O)OCc4oc(=O)oc4C)C3)C2=O)CS1. The van der Waals surface area contributed by atoms with Gasteiger partial charge < -0.3 is 54.8 Å². The summed E-state index contributed by atoms with van der Waals surface area (Å²) >= 11 is 1.82. The smallest absolute Gasteiger partial charge is 0.477 e. The number of carboxylic acids is 1. The number of anilines is 1. The molecule has 2 aromatic heterocycles. The first kappa shape index (κ1) is 34.9. The number of nitrogens with two attached hydrogens (primary N) is 1. The fraction of sp³-hybridized carbons (Fsp3) is 0.444. The van der Waals surface area contributed by atoms with Gasteiger partial charge in [-0.05, 0) is 31.4 Å². The van der Waals surface area contributed by atoms with Crippen LogP contribution in [-0.4, -0.2) is 115 Å². The van der Waals surface area contributed by atoms with Crippen molar-refractivity contribution in [3.05, 3.63) is 50.9 Å². The fourth-order valence-corrected chi connectivity index (χ4v) is 6.95. The van der Waals surface area contributed by atoms with Crippen LogP contribution in [0.5, 0.6) is 0 Å². The first-order valence-corrected chi connectivity index (χ1v) is 16.3. The van der Waals surface area contributed by atoms with Gasteiger partial charge in [0.2, 0.25) is 17.4 Å². The quantitative estimate of drug-likeness (QED) is 0.0671. The summed E-state index contributed by atoms with van der Waals surface area (Å²) in [5, 5.41) is 26.4. The number of thioether (sulfide) groups is 1. The molecule has 0 aliphatic carbocycles. The maximum Gasteiger partial charge on any atom is 0.519 e. The summed E-state index contributed by atoms with van der Waals surface area (Å²) in [5.41, 5.74) is 5.24. The molecule has 49 heavy (non-hydrogen) atoms. The maximum atomic E-state index is 13.4. The van der Waals surface area contributed by atoms with E-state index in [1.165, 1.54) is 17.9 Å². The number of rotatable bonds is 10. The van der Waals surface area contributed by atoms with E-state index in [1.54, 1.807) is 4.90 Å². The van der Waals surface area contributed by atoms with Crippen molar-refractivity contribution in [3.63, 3.8) is 0 Å². The van der Waals surface area contributed by atoms with E-state index in [1.807, 2.05) is 0 Å². The van der Waals surface area contributed by atoms with Crippen LogP contribution in [0.2, 0.25) is 0 Å². The zero-order valence-electron chi connectivity index (χ0n) is 25.9. The van der Waals surface area contributed by atoms with Crippen LogP contribution in [0.4, 0.5) is 9.93 Å². The Morgan fingerprint density at radius 2 is 2.04 bits per heavy atom. The average molecular weight is 723 g/mol. The fourth-order valence-electron chi connectivity index (χ4n) is 5.35. The van der Waals surface area contributed by atoms with Gasteiger partial charge in [0.15, 0.2) is 29.3 Å². The Balaban J connectivity index is 1.24. The molecule has 0 bridgehead atoms. The molecule has 20 nitrogen and oxygen atoms in total. The molecule has 2 saturated heterocycles. The molecule has 0 saturated carbocycles. The molecule has 0 radical (unpaired) electrons. The molecular weight excluding hydrogens is 692 g/mol. The van der Waals surface area contributed by atoms with Crippen LogP contribution in [0.25, 0.3) is 0 Å². The van der Waals surface area contributed by atoms with E-state index in [0.29, 0.717) is 31.5 Å². The molecule has 6 N–H and O–H groups in total. The molecule has 3 atom stereocenters. The van der Waals surface area contributed by atoms with E-state index in [-0.39, 0.29) is 64.6 Å². The molecule has 2 aromatic rings. The van der Waals surface area contributed by atoms with E-state index in [2.05, 4.69) is 25.1 Å². The third kappa shape index (κ3) is 7.69. The maximum absolute atomic E-state index is 13.4. The third-order valence-electron chi connectivity index (χ3n) is 7.78. The van der Waals surface area contributed by atoms with Gasteiger partial charge in [-0.25, -0.2) is 19.2 Å². The number of carbonyl (C=O) groups is 5. The summed E-state index contributed by atoms with van der Waals surface area (Å²) in [5.74, 6) is -4.51. The van der Waals surface area contributed by atoms with Gasteiger partial charge >= 0.3 is 23.9 Å². The summed E-state index contributed by atoms with van der Waals surface area (Å²) < 4.78 is 23.5. The van der Waals surface area contributed by atoms with Crippen LogP contribution < -0.4 is 22.2 Å². The minimum atomic E-state index is -1.46. The monoisotopic (exact) mass is 722 g/mol. The Morgan fingerprint density at radius 1 is 1.27 bits per heavy atom. The van der Waals surface area contributed by atoms with Crippen molar-refractivity contribution in [3.8, 4) is 0 Å². The van der Waals surface area contributed by atoms with Crippen LogP contribution in [0.15, 0.2) is 41.7 Å². The van der Waals surface area contributed by atoms with Gasteiger partial charge in [-0.3, -0.25) is 9.59 Å². The number of hydrogen-bond donors (Lipinski definition) is 5. The number of ether oxygens (including phenoxy) is 2. The van der Waals surface area contributed by atoms with Crippen LogP contribution in [0.3, 0.4) is 0 Å². The molecule has 3 amide bonds. The molecule has 3 aliphatic rings. The van der Waals surface area contributed by atoms with E-state index >= 15 is 0 Å². The third-order valence-corrected chi connectivity index (χ3v) is 9.55. The highest BCUT2D eigenvalue weighted by atomic mass is 32.2. The van der Waals surface area contributed by atoms with E-state index < -0.39 is 46.9 Å². The van der Waals surface area contributed by atoms with Crippen molar-refractivity contribution in [1.29, 1.82) is 0 Å². The van der Waals surface area contributed by atoms with Crippen LogP contribution in [-0.2, 0) is 35.3 Å². The zero-order valence-corrected chi connectivity index (χ0v) is 27.5. The predicted molar refractivity (Wildman–Crippen MR) is 167 cm³/mol. The van der Waals surface area contributed by atoms with Crippen LogP contribution in [0, 0.1) is 6.92 Å². The van der Waals surface area contributed by atoms with E-state index in [0.717, 1.165) is 30.4 Å². The standard InChI is InChI=1S/C27H30N8O12S2/c1-11-15(47-27(42)46-11)9-45-26(41)34-5-4-14(8-34)35-6-3-12(22(35)37)7-13-10-48-21(30-16(13)23(38)39)18(24(40)44-2)29-20(36)17(32-43)19-31-25(28)49-33-19/h7,14,18,21,30,43H,3-6,8-10H2,1-2H3,(H,29,36)(H,38,39)(H2,28,31,33)/b12-7+,32-17-/t14-,18+,21-/m1/s1. The van der Waals surface area contributed by atoms with Crippen LogP contribution >= 0.6 is 23.3 Å². The van der Waals surface area contributed by atoms with Crippen molar-refractivity contribution < 1.29 is 52.6 Å². The largest absolute Gasteiger partial charge is 0.519 e. The van der Waals surface area contributed by atoms with E-state index in [9.17, 15) is 39.1 Å². The lowest BCUT2D eigenvalue weighted by Gasteiger charge is -2.31. The molecule has 22 heteroatoms. The number of aryl methyl sites for hydroxylation is 1. The first-order chi connectivity index (χ1) is 23.4. The van der Waals surface area contributed by atoms with Gasteiger partial charge in [-0.1, -0.05) is 5.16 Å². The van der Waals surface area contributed by atoms with Crippen molar-refractivity contribution in [1.82, 2.24) is 29.8 Å². The van der Waals surface area contributed by atoms with Crippen molar-refractivity contribution >= 4 is 64.0 Å². The second-order valence-corrected chi connectivity index (χ2v) is 12.7. The molecular formula is C27H30N8O12S2. The number of hydrogen-bond acceptors (Lipinski definition) is 18. The number of carboxylic acid groups (broad SMARTS) is 1. The zero-order chi connectivity index (χ0) is 35.4. The average Bonchev–Trinajstić information content (AvgIpc) is 3.87. The number of nitrogens with one attached hydrogen (secondary N) is 2. The summed E-state index contributed by atoms with van der Waals surface area (Å²) in [4.78, 5) is 82.0. The Hall–Kier alpha value is -5.38. The summed E-state index contributed by atoms with van der Waals surface area (Å²) in [7, 11) is 1.08. The number of aromatic nitrogens is 2. The number of carbonyl (C=O) groups excluding carboxylic acids is 4. The molecule has 0 spiro atoms. The molecule has 5 rings (SSSR count). The second kappa shape index (κ2) is 14.8. The van der Waals surface area contributed by atoms with E-state index in [4.69, 9.17) is 24.0 Å². The highest BCUT2D eigenvalue weighted by Crippen LogP contribution is 2.31. The Morgan fingerprint density at radius 3 is 2.67 bits per heavy atom. The molecule has 0 unspecified atom stereocenters. The van der Waals surface area contributed by atoms with Gasteiger partial charge in [0, 0.05) is 42.5 Å². The Labute approximate surface area is 284 Å². The number of methoxy groups -OCH3 is 1. The number of allylic oxidation sites excluding steroid dienone is 1. The molecule has 0 aromatic carbocycles. The van der Waals surface area contributed by atoms with Crippen molar-refractivity contribution in [2.45, 2.75) is 43.8 Å². The molecule has 5 heterocycles. The Kier molecular flexibility index (Phi) is 10.6. The number of aliphatic carboxylic acids is 1. The van der Waals surface area contributed by atoms with Gasteiger partial charge in [-0.15, -0.1) is 11.8 Å². The number of nitrogen functional groups attached to an aromatic ring is 1. The van der Waals surface area contributed by atoms with Crippen molar-refractivity contribution in [2.75, 3.05) is 38.2 Å². The lowest BCUT2D eigenvalue weighted by molar-refractivity contribution is -0.144. The number of oxime groups is 1. The lowest BCUT2D eigenvalue weighted by Crippen LogP contribution is -2.56. The first-order valence-electron chi connectivity index (χ1n) is 14.5. The minimum Gasteiger partial charge on any atom is -0.477 e. The predicted octanol–water partition coefficient (Wildman–Crippen LogP) is -0.618. The molecule has 262 valence electrons. The number of nitrogens with zero attached hydrogens (tertiary/aromatic N) is 5. The van der Waals surface area contributed by atoms with Gasteiger partial charge in [0.05, 0.1) is 13.2 Å². The van der Waals surface area contributed by atoms with Gasteiger partial charge in [-0.2, -0.15) is 9.36 Å². The lowest BCUT2D eigenvalue weighted by atomic mass is 10.1. The summed E-state index contributed by atoms with van der Waals surface area (Å²) in [6, 6.07) is -1.76. The normalized spacial score (nSPS) is 21.1. The second-order valence-electron chi connectivity index (χ2n) is 10.8. The summed E-state index contributed by atoms with van der Waals surface area (Å²) in [6.45, 7) is 2.11. The molecule has 3 aliphatic heterocycles.